The van der Waals surface area contributed by atoms with Gasteiger partial charge in [-0.25, -0.2) is 9.97 Å². The van der Waals surface area contributed by atoms with Crippen molar-refractivity contribution in [2.24, 2.45) is 7.05 Å². The molecular formula is C19H24N10. The van der Waals surface area contributed by atoms with Gasteiger partial charge in [0.2, 0.25) is 0 Å². The lowest BCUT2D eigenvalue weighted by atomic mass is 9.96. The van der Waals surface area contributed by atoms with E-state index in [1.54, 1.807) is 4.68 Å². The quantitative estimate of drug-likeness (QED) is 0.519. The molecule has 5 heterocycles. The van der Waals surface area contributed by atoms with Crippen LogP contribution >= 0.6 is 0 Å². The molecule has 0 atom stereocenters. The minimum atomic E-state index is 0.318. The summed E-state index contributed by atoms with van der Waals surface area (Å²) in [4.78, 5) is 13.6. The predicted octanol–water partition coefficient (Wildman–Crippen LogP) is 1.56. The number of piperidine rings is 1. The number of hydrogen-bond donors (Lipinski definition) is 0. The maximum absolute atomic E-state index is 4.72. The van der Waals surface area contributed by atoms with Crippen LogP contribution in [0.1, 0.15) is 30.4 Å². The maximum atomic E-state index is 4.72. The van der Waals surface area contributed by atoms with Gasteiger partial charge in [-0.15, -0.1) is 15.3 Å². The number of hydrogen-bond acceptors (Lipinski definition) is 8. The van der Waals surface area contributed by atoms with Crippen LogP contribution in [0.25, 0.3) is 16.7 Å². The Bertz CT molecular complexity index is 1180. The predicted molar refractivity (Wildman–Crippen MR) is 110 cm³/mol. The number of aryl methyl sites for hydroxylation is 2. The Kier molecular flexibility index (Phi) is 4.07. The zero-order valence-electron chi connectivity index (χ0n) is 17.1. The van der Waals surface area contributed by atoms with Crippen LogP contribution in [0.5, 0.6) is 0 Å². The number of nitrogens with zero attached hydrogens (tertiary/aromatic N) is 10. The van der Waals surface area contributed by atoms with Crippen LogP contribution in [-0.2, 0) is 7.05 Å². The number of fused-ring (bicyclic) bond motifs is 2. The van der Waals surface area contributed by atoms with E-state index in [-0.39, 0.29) is 0 Å². The molecule has 0 aromatic carbocycles. The van der Waals surface area contributed by atoms with Gasteiger partial charge in [-0.05, 0) is 31.9 Å². The standard InChI is InChI=1S/C19H24N10/c1-12-21-18-14(11-20-27(18)4)19(22-12)28-9-7-13(8-10-28)17-24-23-15-5-6-16(26(2)3)25-29(15)17/h5-6,11,13H,7-10H2,1-4H3. The summed E-state index contributed by atoms with van der Waals surface area (Å²) >= 11 is 0. The molecule has 0 spiro atoms. The first-order valence-corrected chi connectivity index (χ1v) is 9.82. The minimum Gasteiger partial charge on any atom is -0.361 e. The molecule has 4 aromatic rings. The molecule has 0 N–H and O–H groups in total. The molecule has 150 valence electrons. The summed E-state index contributed by atoms with van der Waals surface area (Å²) in [5, 5.41) is 18.8. The Hall–Kier alpha value is -3.30. The van der Waals surface area contributed by atoms with Crippen molar-refractivity contribution in [1.82, 2.24) is 39.6 Å². The summed E-state index contributed by atoms with van der Waals surface area (Å²) in [5.74, 6) is 3.89. The van der Waals surface area contributed by atoms with Crippen molar-refractivity contribution in [2.75, 3.05) is 37.0 Å². The average molecular weight is 392 g/mol. The van der Waals surface area contributed by atoms with Crippen LogP contribution in [0.2, 0.25) is 0 Å². The minimum absolute atomic E-state index is 0.318. The van der Waals surface area contributed by atoms with E-state index < -0.39 is 0 Å². The highest BCUT2D eigenvalue weighted by Gasteiger charge is 2.27. The molecule has 5 rings (SSSR count). The highest BCUT2D eigenvalue weighted by Crippen LogP contribution is 2.32. The van der Waals surface area contributed by atoms with Crippen molar-refractivity contribution in [3.05, 3.63) is 30.0 Å². The molecule has 0 aliphatic carbocycles. The van der Waals surface area contributed by atoms with Gasteiger partial charge in [-0.1, -0.05) is 0 Å². The Morgan fingerprint density at radius 1 is 1.07 bits per heavy atom. The first kappa shape index (κ1) is 17.8. The zero-order chi connectivity index (χ0) is 20.1. The molecule has 10 heteroatoms. The molecule has 1 fully saturated rings. The van der Waals surface area contributed by atoms with Gasteiger partial charge in [0.05, 0.1) is 11.6 Å². The molecule has 1 aliphatic rings. The molecule has 0 amide bonds. The molecule has 0 bridgehead atoms. The summed E-state index contributed by atoms with van der Waals surface area (Å²) < 4.78 is 3.69. The van der Waals surface area contributed by atoms with Crippen LogP contribution in [0.15, 0.2) is 18.3 Å². The van der Waals surface area contributed by atoms with Crippen LogP contribution in [0, 0.1) is 6.92 Å². The van der Waals surface area contributed by atoms with Crippen LogP contribution < -0.4 is 9.80 Å². The summed E-state index contributed by atoms with van der Waals surface area (Å²) in [6.45, 7) is 3.72. The average Bonchev–Trinajstić information content (AvgIpc) is 3.31. The van der Waals surface area contributed by atoms with Crippen molar-refractivity contribution in [3.63, 3.8) is 0 Å². The van der Waals surface area contributed by atoms with Gasteiger partial charge in [0.1, 0.15) is 17.5 Å². The molecule has 0 radical (unpaired) electrons. The fourth-order valence-corrected chi connectivity index (χ4v) is 3.99. The second-order valence-corrected chi connectivity index (χ2v) is 7.78. The van der Waals surface area contributed by atoms with Gasteiger partial charge in [0, 0.05) is 40.2 Å². The highest BCUT2D eigenvalue weighted by molar-refractivity contribution is 5.87. The van der Waals surface area contributed by atoms with E-state index >= 15 is 0 Å². The van der Waals surface area contributed by atoms with Gasteiger partial charge in [0.15, 0.2) is 17.1 Å². The monoisotopic (exact) mass is 392 g/mol. The van der Waals surface area contributed by atoms with Crippen molar-refractivity contribution in [2.45, 2.75) is 25.7 Å². The van der Waals surface area contributed by atoms with Gasteiger partial charge in [-0.2, -0.15) is 9.61 Å². The van der Waals surface area contributed by atoms with Crippen molar-refractivity contribution in [1.29, 1.82) is 0 Å². The number of anilines is 2. The largest absolute Gasteiger partial charge is 0.361 e. The van der Waals surface area contributed by atoms with Gasteiger partial charge in [0.25, 0.3) is 0 Å². The molecular weight excluding hydrogens is 368 g/mol. The van der Waals surface area contributed by atoms with Crippen LogP contribution in [0.3, 0.4) is 0 Å². The first-order valence-electron chi connectivity index (χ1n) is 9.82. The van der Waals surface area contributed by atoms with Crippen molar-refractivity contribution >= 4 is 28.3 Å². The van der Waals surface area contributed by atoms with E-state index in [1.165, 1.54) is 0 Å². The lowest BCUT2D eigenvalue weighted by Gasteiger charge is -2.32. The fourth-order valence-electron chi connectivity index (χ4n) is 3.99. The third-order valence-corrected chi connectivity index (χ3v) is 5.57. The number of aromatic nitrogens is 8. The SMILES string of the molecule is Cc1nc(N2CCC(c3nnc4ccc(N(C)C)nn34)CC2)c2cnn(C)c2n1. The Balaban J connectivity index is 1.41. The molecule has 0 saturated carbocycles. The van der Waals surface area contributed by atoms with E-state index in [4.69, 9.17) is 10.1 Å². The molecule has 4 aromatic heterocycles. The van der Waals surface area contributed by atoms with Gasteiger partial charge in [-0.3, -0.25) is 4.68 Å². The fraction of sp³-hybridized carbons (Fsp3) is 0.474. The highest BCUT2D eigenvalue weighted by atomic mass is 15.4. The Morgan fingerprint density at radius 2 is 1.86 bits per heavy atom. The Labute approximate surface area is 168 Å². The third kappa shape index (κ3) is 2.95. The first-order chi connectivity index (χ1) is 14.0. The van der Waals surface area contributed by atoms with E-state index in [2.05, 4.69) is 25.2 Å². The van der Waals surface area contributed by atoms with E-state index in [1.807, 2.05) is 55.8 Å². The van der Waals surface area contributed by atoms with Crippen LogP contribution in [0.4, 0.5) is 11.6 Å². The summed E-state index contributed by atoms with van der Waals surface area (Å²) in [6, 6.07) is 3.93. The Morgan fingerprint density at radius 3 is 2.62 bits per heavy atom. The molecule has 29 heavy (non-hydrogen) atoms. The van der Waals surface area contributed by atoms with Crippen molar-refractivity contribution in [3.8, 4) is 0 Å². The maximum Gasteiger partial charge on any atom is 0.178 e. The van der Waals surface area contributed by atoms with E-state index in [9.17, 15) is 0 Å². The summed E-state index contributed by atoms with van der Waals surface area (Å²) in [6.07, 6.45) is 3.80. The zero-order valence-corrected chi connectivity index (χ0v) is 17.1. The molecule has 1 saturated heterocycles. The summed E-state index contributed by atoms with van der Waals surface area (Å²) in [7, 11) is 5.88. The van der Waals surface area contributed by atoms with E-state index in [0.29, 0.717) is 5.92 Å². The van der Waals surface area contributed by atoms with Gasteiger partial charge >= 0.3 is 0 Å². The molecule has 10 nitrogen and oxygen atoms in total. The van der Waals surface area contributed by atoms with Crippen LogP contribution in [-0.4, -0.2) is 66.7 Å². The second kappa shape index (κ2) is 6.64. The lowest BCUT2D eigenvalue weighted by Crippen LogP contribution is -2.34. The molecule has 0 unspecified atom stereocenters. The third-order valence-electron chi connectivity index (χ3n) is 5.57. The number of rotatable bonds is 3. The second-order valence-electron chi connectivity index (χ2n) is 7.78. The summed E-state index contributed by atoms with van der Waals surface area (Å²) in [5.41, 5.74) is 1.66. The normalized spacial score (nSPS) is 15.5. The topological polar surface area (TPSA) is 93.2 Å². The van der Waals surface area contributed by atoms with Crippen molar-refractivity contribution < 1.29 is 0 Å². The smallest absolute Gasteiger partial charge is 0.178 e. The van der Waals surface area contributed by atoms with Gasteiger partial charge < -0.3 is 9.80 Å². The lowest BCUT2D eigenvalue weighted by molar-refractivity contribution is 0.475. The molecule has 1 aliphatic heterocycles. The van der Waals surface area contributed by atoms with E-state index in [0.717, 1.165) is 65.9 Å².